The van der Waals surface area contributed by atoms with Gasteiger partial charge in [0.1, 0.15) is 0 Å². The van der Waals surface area contributed by atoms with Gasteiger partial charge in [-0.05, 0) is 36.8 Å². The third-order valence-electron chi connectivity index (χ3n) is 3.12. The molecule has 3 nitrogen and oxygen atoms in total. The van der Waals surface area contributed by atoms with Gasteiger partial charge in [0.05, 0.1) is 23.0 Å². The van der Waals surface area contributed by atoms with Crippen molar-refractivity contribution in [1.29, 1.82) is 5.26 Å². The molecule has 2 aromatic rings. The Morgan fingerprint density at radius 1 is 1.11 bits per heavy atom. The first-order valence-corrected chi connectivity index (χ1v) is 6.33. The fourth-order valence-corrected chi connectivity index (χ4v) is 2.05. The Morgan fingerprint density at radius 3 is 2.37 bits per heavy atom. The van der Waals surface area contributed by atoms with Crippen LogP contribution in [-0.4, -0.2) is 6.54 Å². The zero-order valence-corrected chi connectivity index (χ0v) is 11.0. The van der Waals surface area contributed by atoms with Crippen LogP contribution in [-0.2, 0) is 6.54 Å². The van der Waals surface area contributed by atoms with Crippen LogP contribution in [0, 0.1) is 11.3 Å². The van der Waals surface area contributed by atoms with E-state index in [2.05, 4.69) is 17.9 Å². The molecule has 0 spiro atoms. The predicted octanol–water partition coefficient (Wildman–Crippen LogP) is 3.17. The van der Waals surface area contributed by atoms with Crippen molar-refractivity contribution in [3.8, 4) is 6.07 Å². The van der Waals surface area contributed by atoms with Crippen molar-refractivity contribution in [2.45, 2.75) is 13.5 Å². The van der Waals surface area contributed by atoms with Crippen LogP contribution in [0.5, 0.6) is 0 Å². The first kappa shape index (κ1) is 13.0. The Labute approximate surface area is 113 Å². The second kappa shape index (κ2) is 5.92. The molecule has 0 radical (unpaired) electrons. The first-order valence-electron chi connectivity index (χ1n) is 6.33. The lowest BCUT2D eigenvalue weighted by Gasteiger charge is -2.24. The fraction of sp³-hybridized carbons (Fsp3) is 0.188. The van der Waals surface area contributed by atoms with E-state index in [9.17, 15) is 0 Å². The summed E-state index contributed by atoms with van der Waals surface area (Å²) in [6, 6.07) is 17.7. The van der Waals surface area contributed by atoms with E-state index in [-0.39, 0.29) is 0 Å². The lowest BCUT2D eigenvalue weighted by molar-refractivity contribution is 0.833. The maximum atomic E-state index is 8.79. The van der Waals surface area contributed by atoms with Crippen LogP contribution in [0.15, 0.2) is 48.5 Å². The maximum Gasteiger partial charge on any atom is 0.0991 e. The summed E-state index contributed by atoms with van der Waals surface area (Å²) in [5.41, 5.74) is 9.71. The van der Waals surface area contributed by atoms with Crippen molar-refractivity contribution in [1.82, 2.24) is 0 Å². The van der Waals surface area contributed by atoms with E-state index in [1.807, 2.05) is 48.5 Å². The number of nitrogens with two attached hydrogens (primary N) is 1. The summed E-state index contributed by atoms with van der Waals surface area (Å²) in [6.07, 6.45) is 0. The topological polar surface area (TPSA) is 53.0 Å². The highest BCUT2D eigenvalue weighted by molar-refractivity contribution is 5.67. The number of hydrogen-bond donors (Lipinski definition) is 1. The highest BCUT2D eigenvalue weighted by Gasteiger charge is 2.08. The van der Waals surface area contributed by atoms with Crippen LogP contribution in [0.4, 0.5) is 11.4 Å². The van der Waals surface area contributed by atoms with Gasteiger partial charge in [0, 0.05) is 13.1 Å². The van der Waals surface area contributed by atoms with Gasteiger partial charge in [0.15, 0.2) is 0 Å². The molecule has 0 unspecified atom stereocenters. The van der Waals surface area contributed by atoms with E-state index in [1.165, 1.54) is 5.56 Å². The molecule has 0 saturated heterocycles. The van der Waals surface area contributed by atoms with E-state index < -0.39 is 0 Å². The second-order valence-electron chi connectivity index (χ2n) is 4.38. The Morgan fingerprint density at radius 2 is 1.79 bits per heavy atom. The van der Waals surface area contributed by atoms with Crippen molar-refractivity contribution in [2.24, 2.45) is 0 Å². The molecule has 2 N–H and O–H groups in total. The average Bonchev–Trinajstić information content (AvgIpc) is 2.46. The van der Waals surface area contributed by atoms with Crippen LogP contribution >= 0.6 is 0 Å². The molecule has 96 valence electrons. The van der Waals surface area contributed by atoms with Gasteiger partial charge in [-0.2, -0.15) is 5.26 Å². The molecule has 0 atom stereocenters. The van der Waals surface area contributed by atoms with Crippen molar-refractivity contribution < 1.29 is 0 Å². The summed E-state index contributed by atoms with van der Waals surface area (Å²) in [4.78, 5) is 2.22. The van der Waals surface area contributed by atoms with Crippen molar-refractivity contribution >= 4 is 11.4 Å². The monoisotopic (exact) mass is 251 g/mol. The molecule has 0 heterocycles. The number of rotatable bonds is 4. The Balaban J connectivity index is 2.19. The van der Waals surface area contributed by atoms with Gasteiger partial charge in [-0.1, -0.05) is 24.3 Å². The third kappa shape index (κ3) is 3.05. The number of nitrogen functional groups attached to an aromatic ring is 1. The predicted molar refractivity (Wildman–Crippen MR) is 78.7 cm³/mol. The van der Waals surface area contributed by atoms with Crippen molar-refractivity contribution in [3.05, 3.63) is 59.7 Å². The van der Waals surface area contributed by atoms with Crippen LogP contribution < -0.4 is 10.6 Å². The highest BCUT2D eigenvalue weighted by Crippen LogP contribution is 2.24. The van der Waals surface area contributed by atoms with E-state index in [4.69, 9.17) is 11.0 Å². The summed E-state index contributed by atoms with van der Waals surface area (Å²) in [5.74, 6) is 0. The van der Waals surface area contributed by atoms with Crippen LogP contribution in [0.1, 0.15) is 18.1 Å². The summed E-state index contributed by atoms with van der Waals surface area (Å²) in [6.45, 7) is 3.78. The van der Waals surface area contributed by atoms with Gasteiger partial charge < -0.3 is 10.6 Å². The van der Waals surface area contributed by atoms with Crippen molar-refractivity contribution in [3.63, 3.8) is 0 Å². The molecular formula is C16H17N3. The lowest BCUT2D eigenvalue weighted by Crippen LogP contribution is -2.22. The maximum absolute atomic E-state index is 8.79. The number of nitrogens with zero attached hydrogens (tertiary/aromatic N) is 2. The summed E-state index contributed by atoms with van der Waals surface area (Å²) < 4.78 is 0. The molecule has 19 heavy (non-hydrogen) atoms. The number of nitriles is 1. The van der Waals surface area contributed by atoms with Gasteiger partial charge in [-0.25, -0.2) is 0 Å². The van der Waals surface area contributed by atoms with E-state index in [0.717, 1.165) is 24.5 Å². The average molecular weight is 251 g/mol. The number of hydrogen-bond acceptors (Lipinski definition) is 3. The molecule has 0 fully saturated rings. The third-order valence-corrected chi connectivity index (χ3v) is 3.12. The smallest absolute Gasteiger partial charge is 0.0991 e. The standard InChI is InChI=1S/C16H17N3/c1-2-19(16-6-4-3-5-15(16)18)12-14-9-7-13(11-17)8-10-14/h3-10H,2,12,18H2,1H3. The van der Waals surface area contributed by atoms with Crippen molar-refractivity contribution in [2.75, 3.05) is 17.2 Å². The summed E-state index contributed by atoms with van der Waals surface area (Å²) in [7, 11) is 0. The minimum absolute atomic E-state index is 0.686. The van der Waals surface area contributed by atoms with Gasteiger partial charge in [-0.3, -0.25) is 0 Å². The molecule has 0 aromatic heterocycles. The van der Waals surface area contributed by atoms with Gasteiger partial charge >= 0.3 is 0 Å². The Hall–Kier alpha value is -2.47. The van der Waals surface area contributed by atoms with E-state index >= 15 is 0 Å². The molecule has 0 bridgehead atoms. The molecular weight excluding hydrogens is 234 g/mol. The van der Waals surface area contributed by atoms with Gasteiger partial charge in [-0.15, -0.1) is 0 Å². The molecule has 0 aliphatic rings. The van der Waals surface area contributed by atoms with Gasteiger partial charge in [0.25, 0.3) is 0 Å². The summed E-state index contributed by atoms with van der Waals surface area (Å²) in [5, 5.41) is 8.79. The second-order valence-corrected chi connectivity index (χ2v) is 4.38. The summed E-state index contributed by atoms with van der Waals surface area (Å²) >= 11 is 0. The molecule has 2 aromatic carbocycles. The number of anilines is 2. The molecule has 0 aliphatic carbocycles. The van der Waals surface area contributed by atoms with Gasteiger partial charge in [0.2, 0.25) is 0 Å². The van der Waals surface area contributed by atoms with Crippen LogP contribution in [0.25, 0.3) is 0 Å². The normalized spacial score (nSPS) is 9.89. The first-order chi connectivity index (χ1) is 9.24. The number of para-hydroxylation sites is 2. The molecule has 0 aliphatic heterocycles. The highest BCUT2D eigenvalue weighted by atomic mass is 15.1. The molecule has 0 amide bonds. The molecule has 2 rings (SSSR count). The van der Waals surface area contributed by atoms with Crippen LogP contribution in [0.3, 0.4) is 0 Å². The minimum Gasteiger partial charge on any atom is -0.397 e. The Bertz CT molecular complexity index is 582. The van der Waals surface area contributed by atoms with E-state index in [1.54, 1.807) is 0 Å². The number of benzene rings is 2. The largest absolute Gasteiger partial charge is 0.397 e. The molecule has 3 heteroatoms. The zero-order valence-electron chi connectivity index (χ0n) is 11.0. The lowest BCUT2D eigenvalue weighted by atomic mass is 10.1. The molecule has 0 saturated carbocycles. The SMILES string of the molecule is CCN(Cc1ccc(C#N)cc1)c1ccccc1N. The minimum atomic E-state index is 0.686. The quantitative estimate of drug-likeness (QED) is 0.849. The Kier molecular flexibility index (Phi) is 4.04. The fourth-order valence-electron chi connectivity index (χ4n) is 2.05. The van der Waals surface area contributed by atoms with E-state index in [0.29, 0.717) is 5.56 Å². The van der Waals surface area contributed by atoms with Crippen LogP contribution in [0.2, 0.25) is 0 Å². The zero-order chi connectivity index (χ0) is 13.7.